The minimum atomic E-state index is -0.745. The number of anilines is 1. The summed E-state index contributed by atoms with van der Waals surface area (Å²) in [5, 5.41) is 3.28. The number of rotatable bonds is 7. The van der Waals surface area contributed by atoms with E-state index in [0.717, 1.165) is 18.0 Å². The minimum absolute atomic E-state index is 0.230. The van der Waals surface area contributed by atoms with Crippen LogP contribution in [0.2, 0.25) is 0 Å². The van der Waals surface area contributed by atoms with Crippen molar-refractivity contribution in [1.82, 2.24) is 4.98 Å². The fourth-order valence-electron chi connectivity index (χ4n) is 1.42. The summed E-state index contributed by atoms with van der Waals surface area (Å²) in [6.07, 6.45) is 4.31. The van der Waals surface area contributed by atoms with Gasteiger partial charge in [0.05, 0.1) is 6.61 Å². The Morgan fingerprint density at radius 2 is 2.35 bits per heavy atom. The summed E-state index contributed by atoms with van der Waals surface area (Å²) in [7, 11) is -0.745. The van der Waals surface area contributed by atoms with Gasteiger partial charge in [-0.1, -0.05) is 0 Å². The van der Waals surface area contributed by atoms with Gasteiger partial charge in [0.15, 0.2) is 11.6 Å². The number of pyridine rings is 1. The monoisotopic (exact) mass is 256 g/mol. The van der Waals surface area contributed by atoms with Gasteiger partial charge in [-0.25, -0.2) is 4.98 Å². The van der Waals surface area contributed by atoms with Gasteiger partial charge in [0.2, 0.25) is 0 Å². The molecule has 96 valence electrons. The zero-order valence-corrected chi connectivity index (χ0v) is 11.4. The van der Waals surface area contributed by atoms with Crippen molar-refractivity contribution in [2.45, 2.75) is 26.3 Å². The van der Waals surface area contributed by atoms with Crippen LogP contribution in [0.5, 0.6) is 5.75 Å². The maximum Gasteiger partial charge on any atom is 0.168 e. The lowest BCUT2D eigenvalue weighted by Crippen LogP contribution is -2.19. The van der Waals surface area contributed by atoms with Crippen LogP contribution in [0, 0.1) is 0 Å². The van der Waals surface area contributed by atoms with Gasteiger partial charge in [0, 0.05) is 35.0 Å². The summed E-state index contributed by atoms with van der Waals surface area (Å²) >= 11 is 0. The molecule has 0 spiro atoms. The van der Waals surface area contributed by atoms with E-state index >= 15 is 0 Å². The second-order valence-corrected chi connectivity index (χ2v) is 5.45. The Morgan fingerprint density at radius 1 is 1.59 bits per heavy atom. The Bertz CT molecular complexity index is 371. The summed E-state index contributed by atoms with van der Waals surface area (Å²) in [4.78, 5) is 4.25. The van der Waals surface area contributed by atoms with Crippen LogP contribution in [0.25, 0.3) is 0 Å². The molecule has 1 rings (SSSR count). The van der Waals surface area contributed by atoms with E-state index in [4.69, 9.17) is 4.74 Å². The van der Waals surface area contributed by atoms with E-state index in [9.17, 15) is 4.21 Å². The highest BCUT2D eigenvalue weighted by atomic mass is 32.2. The average Bonchev–Trinajstić information content (AvgIpc) is 2.29. The smallest absolute Gasteiger partial charge is 0.168 e. The summed E-state index contributed by atoms with van der Waals surface area (Å²) in [6, 6.07) is 3.97. The average molecular weight is 256 g/mol. The predicted octanol–water partition coefficient (Wildman–Crippen LogP) is 2.05. The molecule has 1 N–H and O–H groups in total. The van der Waals surface area contributed by atoms with E-state index in [0.29, 0.717) is 12.4 Å². The van der Waals surface area contributed by atoms with Crippen LogP contribution in [-0.2, 0) is 10.8 Å². The summed E-state index contributed by atoms with van der Waals surface area (Å²) < 4.78 is 16.5. The first kappa shape index (κ1) is 14.0. The van der Waals surface area contributed by atoms with Crippen LogP contribution >= 0.6 is 0 Å². The van der Waals surface area contributed by atoms with Gasteiger partial charge in [0.1, 0.15) is 0 Å². The second-order valence-electron chi connectivity index (χ2n) is 3.89. The number of aromatic nitrogens is 1. The molecule has 0 amide bonds. The van der Waals surface area contributed by atoms with E-state index in [1.807, 2.05) is 19.1 Å². The van der Waals surface area contributed by atoms with E-state index in [1.165, 1.54) is 0 Å². The fourth-order valence-corrected chi connectivity index (χ4v) is 2.10. The van der Waals surface area contributed by atoms with Gasteiger partial charge in [-0.05, 0) is 32.4 Å². The SMILES string of the molecule is CCOc1cccnc1NC(C)CCS(C)=O. The van der Waals surface area contributed by atoms with Gasteiger partial charge in [-0.2, -0.15) is 0 Å². The topological polar surface area (TPSA) is 51.2 Å². The van der Waals surface area contributed by atoms with Crippen LogP contribution in [0.15, 0.2) is 18.3 Å². The molecule has 0 aliphatic heterocycles. The minimum Gasteiger partial charge on any atom is -0.490 e. The van der Waals surface area contributed by atoms with Crippen molar-refractivity contribution >= 4 is 16.6 Å². The largest absolute Gasteiger partial charge is 0.490 e. The molecule has 0 saturated heterocycles. The summed E-state index contributed by atoms with van der Waals surface area (Å²) in [5.41, 5.74) is 0. The molecule has 1 aromatic heterocycles. The van der Waals surface area contributed by atoms with Crippen molar-refractivity contribution in [1.29, 1.82) is 0 Å². The fraction of sp³-hybridized carbons (Fsp3) is 0.583. The van der Waals surface area contributed by atoms with E-state index in [2.05, 4.69) is 17.2 Å². The standard InChI is InChI=1S/C12H20N2O2S/c1-4-16-11-6-5-8-13-12(11)14-10(2)7-9-17(3)15/h5-6,8,10H,4,7,9H2,1-3H3,(H,13,14). The molecule has 0 saturated carbocycles. The van der Waals surface area contributed by atoms with E-state index in [1.54, 1.807) is 12.5 Å². The van der Waals surface area contributed by atoms with Crippen LogP contribution in [0.1, 0.15) is 20.3 Å². The van der Waals surface area contributed by atoms with Gasteiger partial charge < -0.3 is 10.1 Å². The first-order valence-corrected chi connectivity index (χ1v) is 7.50. The number of hydrogen-bond donors (Lipinski definition) is 1. The Morgan fingerprint density at radius 3 is 3.00 bits per heavy atom. The third kappa shape index (κ3) is 5.17. The molecular formula is C12H20N2O2S. The number of nitrogens with one attached hydrogen (secondary N) is 1. The maximum atomic E-state index is 11.0. The van der Waals surface area contributed by atoms with E-state index < -0.39 is 10.8 Å². The van der Waals surface area contributed by atoms with Gasteiger partial charge in [-0.3, -0.25) is 4.21 Å². The Labute approximate surface area is 105 Å². The van der Waals surface area contributed by atoms with Crippen molar-refractivity contribution in [3.8, 4) is 5.75 Å². The quantitative estimate of drug-likeness (QED) is 0.811. The van der Waals surface area contributed by atoms with Crippen LogP contribution in [0.3, 0.4) is 0 Å². The lowest BCUT2D eigenvalue weighted by Gasteiger charge is -2.16. The lowest BCUT2D eigenvalue weighted by atomic mass is 10.2. The van der Waals surface area contributed by atoms with Crippen molar-refractivity contribution in [2.24, 2.45) is 0 Å². The van der Waals surface area contributed by atoms with Crippen LogP contribution < -0.4 is 10.1 Å². The molecule has 0 aliphatic carbocycles. The Kier molecular flexibility index (Phi) is 5.97. The third-order valence-electron chi connectivity index (χ3n) is 2.29. The zero-order valence-electron chi connectivity index (χ0n) is 10.6. The number of nitrogens with zero attached hydrogens (tertiary/aromatic N) is 1. The van der Waals surface area contributed by atoms with Gasteiger partial charge in [0.25, 0.3) is 0 Å². The molecule has 2 unspecified atom stereocenters. The molecule has 5 heteroatoms. The Balaban J connectivity index is 2.57. The number of hydrogen-bond acceptors (Lipinski definition) is 4. The molecule has 1 heterocycles. The normalized spacial score (nSPS) is 14.1. The second kappa shape index (κ2) is 7.27. The van der Waals surface area contributed by atoms with Gasteiger partial charge >= 0.3 is 0 Å². The molecule has 17 heavy (non-hydrogen) atoms. The van der Waals surface area contributed by atoms with Crippen LogP contribution in [0.4, 0.5) is 5.82 Å². The third-order valence-corrected chi connectivity index (χ3v) is 3.10. The van der Waals surface area contributed by atoms with Crippen molar-refractivity contribution in [2.75, 3.05) is 23.9 Å². The molecule has 0 fully saturated rings. The molecule has 0 bridgehead atoms. The molecular weight excluding hydrogens is 236 g/mol. The summed E-state index contributed by atoms with van der Waals surface area (Å²) in [6.45, 7) is 4.62. The van der Waals surface area contributed by atoms with Crippen molar-refractivity contribution < 1.29 is 8.95 Å². The van der Waals surface area contributed by atoms with Crippen molar-refractivity contribution in [3.63, 3.8) is 0 Å². The van der Waals surface area contributed by atoms with Crippen LogP contribution in [-0.4, -0.2) is 33.9 Å². The summed E-state index contributed by atoms with van der Waals surface area (Å²) in [5.74, 6) is 2.22. The highest BCUT2D eigenvalue weighted by Crippen LogP contribution is 2.21. The van der Waals surface area contributed by atoms with Crippen molar-refractivity contribution in [3.05, 3.63) is 18.3 Å². The zero-order chi connectivity index (χ0) is 12.7. The molecule has 0 aliphatic rings. The van der Waals surface area contributed by atoms with Gasteiger partial charge in [-0.15, -0.1) is 0 Å². The molecule has 0 aromatic carbocycles. The lowest BCUT2D eigenvalue weighted by molar-refractivity contribution is 0.340. The molecule has 0 radical (unpaired) electrons. The molecule has 2 atom stereocenters. The molecule has 1 aromatic rings. The number of ether oxygens (including phenoxy) is 1. The molecule has 4 nitrogen and oxygen atoms in total. The Hall–Kier alpha value is -1.10. The van der Waals surface area contributed by atoms with E-state index in [-0.39, 0.29) is 6.04 Å². The maximum absolute atomic E-state index is 11.0. The first-order chi connectivity index (χ1) is 8.13. The first-order valence-electron chi connectivity index (χ1n) is 5.77. The highest BCUT2D eigenvalue weighted by molar-refractivity contribution is 7.84. The predicted molar refractivity (Wildman–Crippen MR) is 72.0 cm³/mol. The highest BCUT2D eigenvalue weighted by Gasteiger charge is 2.08.